The van der Waals surface area contributed by atoms with Crippen LogP contribution in [0.1, 0.15) is 85.9 Å². The second-order valence-corrected chi connectivity index (χ2v) is 8.84. The van der Waals surface area contributed by atoms with E-state index >= 15 is 0 Å². The number of benzene rings is 2. The molecule has 1 atom stereocenters. The minimum absolute atomic E-state index is 0.0549. The highest BCUT2D eigenvalue weighted by atomic mass is 19.4. The Labute approximate surface area is 226 Å². The monoisotopic (exact) mass is 552 g/mol. The van der Waals surface area contributed by atoms with Crippen LogP contribution >= 0.6 is 0 Å². The van der Waals surface area contributed by atoms with Crippen LogP contribution in [-0.2, 0) is 14.3 Å². The fourth-order valence-corrected chi connectivity index (χ4v) is 3.58. The van der Waals surface area contributed by atoms with Gasteiger partial charge in [-0.05, 0) is 61.9 Å². The van der Waals surface area contributed by atoms with E-state index in [0.29, 0.717) is 12.4 Å². The molecule has 0 spiro atoms. The standard InChI is InChI=1S/C29H35F3O7/c1-3-5-6-7-8-9-10-11-20-37-23-16-18-24(19-17-23)38-26(33)21-12-14-22(15-13-21)27(34)39-25(29(30,31)32)28(35)36-4-2/h12-19,25H,3-11,20H2,1-2H3. The Kier molecular flexibility index (Phi) is 13.3. The van der Waals surface area contributed by atoms with E-state index < -0.39 is 30.2 Å². The lowest BCUT2D eigenvalue weighted by molar-refractivity contribution is -0.218. The van der Waals surface area contributed by atoms with E-state index in [1.165, 1.54) is 57.6 Å². The molecule has 0 amide bonds. The number of alkyl halides is 3. The fraction of sp³-hybridized carbons (Fsp3) is 0.483. The minimum atomic E-state index is -5.14. The molecule has 0 aliphatic rings. The van der Waals surface area contributed by atoms with E-state index in [1.807, 2.05) is 0 Å². The summed E-state index contributed by atoms with van der Waals surface area (Å²) in [6, 6.07) is 11.1. The van der Waals surface area contributed by atoms with Gasteiger partial charge in [-0.3, -0.25) is 0 Å². The molecular weight excluding hydrogens is 517 g/mol. The molecule has 39 heavy (non-hydrogen) atoms. The Balaban J connectivity index is 1.81. The van der Waals surface area contributed by atoms with Crippen molar-refractivity contribution in [3.8, 4) is 11.5 Å². The lowest BCUT2D eigenvalue weighted by Gasteiger charge is -2.18. The molecule has 0 bridgehead atoms. The van der Waals surface area contributed by atoms with Crippen LogP contribution in [-0.4, -0.2) is 43.4 Å². The van der Waals surface area contributed by atoms with Crippen molar-refractivity contribution in [1.82, 2.24) is 0 Å². The van der Waals surface area contributed by atoms with Gasteiger partial charge in [0.15, 0.2) is 0 Å². The Hall–Kier alpha value is -3.56. The lowest BCUT2D eigenvalue weighted by Crippen LogP contribution is -2.41. The maximum atomic E-state index is 13.1. The molecule has 0 aliphatic heterocycles. The van der Waals surface area contributed by atoms with E-state index in [0.717, 1.165) is 25.0 Å². The van der Waals surface area contributed by atoms with E-state index in [1.54, 1.807) is 24.3 Å². The number of halogens is 3. The molecule has 0 N–H and O–H groups in total. The third-order valence-corrected chi connectivity index (χ3v) is 5.68. The van der Waals surface area contributed by atoms with Gasteiger partial charge in [-0.1, -0.05) is 51.9 Å². The van der Waals surface area contributed by atoms with Gasteiger partial charge >= 0.3 is 24.1 Å². The molecule has 7 nitrogen and oxygen atoms in total. The molecule has 214 valence electrons. The fourth-order valence-electron chi connectivity index (χ4n) is 3.58. The molecule has 10 heteroatoms. The zero-order valence-corrected chi connectivity index (χ0v) is 22.3. The maximum absolute atomic E-state index is 13.1. The van der Waals surface area contributed by atoms with Crippen LogP contribution in [0, 0.1) is 0 Å². The van der Waals surface area contributed by atoms with Crippen LogP contribution in [0.3, 0.4) is 0 Å². The summed E-state index contributed by atoms with van der Waals surface area (Å²) in [5.74, 6) is -2.93. The Morgan fingerprint density at radius 1 is 0.718 bits per heavy atom. The van der Waals surface area contributed by atoms with Gasteiger partial charge in [0.1, 0.15) is 11.5 Å². The van der Waals surface area contributed by atoms with Crippen molar-refractivity contribution in [2.45, 2.75) is 77.5 Å². The van der Waals surface area contributed by atoms with Crippen molar-refractivity contribution >= 4 is 17.9 Å². The summed E-state index contributed by atoms with van der Waals surface area (Å²) in [6.45, 7) is 3.82. The average molecular weight is 553 g/mol. The topological polar surface area (TPSA) is 88.1 Å². The molecule has 2 aromatic rings. The van der Waals surface area contributed by atoms with E-state index in [-0.39, 0.29) is 23.5 Å². The molecule has 0 aromatic heterocycles. The van der Waals surface area contributed by atoms with Gasteiger partial charge in [0.25, 0.3) is 6.10 Å². The molecule has 0 saturated carbocycles. The number of carbonyl (C=O) groups excluding carboxylic acids is 3. The van der Waals surface area contributed by atoms with Gasteiger partial charge in [-0.2, -0.15) is 13.2 Å². The van der Waals surface area contributed by atoms with Gasteiger partial charge < -0.3 is 18.9 Å². The normalized spacial score (nSPS) is 11.9. The van der Waals surface area contributed by atoms with Crippen LogP contribution in [0.4, 0.5) is 13.2 Å². The third kappa shape index (κ3) is 11.4. The van der Waals surface area contributed by atoms with Crippen LogP contribution in [0.5, 0.6) is 11.5 Å². The first-order valence-corrected chi connectivity index (χ1v) is 13.1. The highest BCUT2D eigenvalue weighted by molar-refractivity contribution is 5.95. The van der Waals surface area contributed by atoms with Crippen molar-refractivity contribution in [2.24, 2.45) is 0 Å². The number of carbonyl (C=O) groups is 3. The first-order valence-electron chi connectivity index (χ1n) is 13.1. The van der Waals surface area contributed by atoms with Crippen LogP contribution in [0.2, 0.25) is 0 Å². The molecular formula is C29H35F3O7. The second kappa shape index (κ2) is 16.4. The highest BCUT2D eigenvalue weighted by Crippen LogP contribution is 2.25. The largest absolute Gasteiger partial charge is 0.494 e. The zero-order valence-electron chi connectivity index (χ0n) is 22.3. The van der Waals surface area contributed by atoms with Gasteiger partial charge in [0.2, 0.25) is 0 Å². The maximum Gasteiger partial charge on any atom is 0.436 e. The van der Waals surface area contributed by atoms with Crippen LogP contribution in [0.25, 0.3) is 0 Å². The van der Waals surface area contributed by atoms with Crippen molar-refractivity contribution < 1.29 is 46.5 Å². The van der Waals surface area contributed by atoms with E-state index in [9.17, 15) is 27.6 Å². The zero-order chi connectivity index (χ0) is 28.7. The second-order valence-electron chi connectivity index (χ2n) is 8.84. The number of ether oxygens (including phenoxy) is 4. The van der Waals surface area contributed by atoms with Gasteiger partial charge in [0.05, 0.1) is 24.3 Å². The SMILES string of the molecule is CCCCCCCCCCOc1ccc(OC(=O)c2ccc(C(=O)OC(C(=O)OCC)C(F)(F)F)cc2)cc1. The van der Waals surface area contributed by atoms with Crippen molar-refractivity contribution in [2.75, 3.05) is 13.2 Å². The van der Waals surface area contributed by atoms with Gasteiger partial charge in [-0.25, -0.2) is 14.4 Å². The number of hydrogen-bond acceptors (Lipinski definition) is 7. The molecule has 2 rings (SSSR count). The Morgan fingerprint density at radius 3 is 1.77 bits per heavy atom. The summed E-state index contributed by atoms with van der Waals surface area (Å²) in [5.41, 5.74) is -0.234. The summed E-state index contributed by atoms with van der Waals surface area (Å²) in [4.78, 5) is 36.1. The Morgan fingerprint density at radius 2 is 1.23 bits per heavy atom. The van der Waals surface area contributed by atoms with E-state index in [4.69, 9.17) is 9.47 Å². The van der Waals surface area contributed by atoms with Crippen LogP contribution in [0.15, 0.2) is 48.5 Å². The highest BCUT2D eigenvalue weighted by Gasteiger charge is 2.49. The predicted molar refractivity (Wildman–Crippen MR) is 138 cm³/mol. The van der Waals surface area contributed by atoms with Crippen LogP contribution < -0.4 is 9.47 Å². The smallest absolute Gasteiger partial charge is 0.436 e. The molecule has 0 heterocycles. The Bertz CT molecular complexity index is 1030. The number of esters is 3. The molecule has 1 unspecified atom stereocenters. The summed E-state index contributed by atoms with van der Waals surface area (Å²) >= 11 is 0. The van der Waals surface area contributed by atoms with E-state index in [2.05, 4.69) is 16.4 Å². The molecule has 0 aliphatic carbocycles. The van der Waals surface area contributed by atoms with Crippen molar-refractivity contribution in [3.63, 3.8) is 0 Å². The molecule has 0 fully saturated rings. The first-order chi connectivity index (χ1) is 18.7. The number of rotatable bonds is 16. The third-order valence-electron chi connectivity index (χ3n) is 5.68. The van der Waals surface area contributed by atoms with Gasteiger partial charge in [-0.15, -0.1) is 0 Å². The first kappa shape index (κ1) is 31.7. The van der Waals surface area contributed by atoms with Crippen molar-refractivity contribution in [1.29, 1.82) is 0 Å². The minimum Gasteiger partial charge on any atom is -0.494 e. The van der Waals surface area contributed by atoms with Gasteiger partial charge in [0, 0.05) is 0 Å². The average Bonchev–Trinajstić information content (AvgIpc) is 2.91. The lowest BCUT2D eigenvalue weighted by atomic mass is 10.1. The summed E-state index contributed by atoms with van der Waals surface area (Å²) in [7, 11) is 0. The summed E-state index contributed by atoms with van der Waals surface area (Å²) in [6.07, 6.45) is 1.47. The predicted octanol–water partition coefficient (Wildman–Crippen LogP) is 7.08. The number of unbranched alkanes of at least 4 members (excludes halogenated alkanes) is 7. The molecule has 2 aromatic carbocycles. The van der Waals surface area contributed by atoms with Crippen molar-refractivity contribution in [3.05, 3.63) is 59.7 Å². The molecule has 0 saturated heterocycles. The number of hydrogen-bond donors (Lipinski definition) is 0. The summed E-state index contributed by atoms with van der Waals surface area (Å²) < 4.78 is 58.9. The summed E-state index contributed by atoms with van der Waals surface area (Å²) in [5, 5.41) is 0. The molecule has 0 radical (unpaired) electrons. The quantitative estimate of drug-likeness (QED) is 0.125.